The molecule has 0 aliphatic carbocycles. The second-order valence-electron chi connectivity index (χ2n) is 4.25. The highest BCUT2D eigenvalue weighted by Gasteiger charge is 2.05. The number of nitrogens with one attached hydrogen (secondary N) is 3. The van der Waals surface area contributed by atoms with Gasteiger partial charge >= 0.3 is 0 Å². The van der Waals surface area contributed by atoms with E-state index in [-0.39, 0.29) is 30.8 Å². The summed E-state index contributed by atoms with van der Waals surface area (Å²) < 4.78 is 0. The van der Waals surface area contributed by atoms with Crippen LogP contribution in [-0.4, -0.2) is 38.5 Å². The number of halogens is 1. The van der Waals surface area contributed by atoms with Gasteiger partial charge < -0.3 is 16.0 Å². The summed E-state index contributed by atoms with van der Waals surface area (Å²) in [6.45, 7) is 1.51. The first-order chi connectivity index (χ1) is 9.22. The van der Waals surface area contributed by atoms with Gasteiger partial charge in [0.25, 0.3) is 0 Å². The number of rotatable bonds is 8. The quantitative estimate of drug-likeness (QED) is 0.612. The summed E-state index contributed by atoms with van der Waals surface area (Å²) in [5.74, 6) is -0.297. The minimum Gasteiger partial charge on any atom is -0.355 e. The maximum atomic E-state index is 11.6. The number of carbonyl (C=O) groups excluding carboxylic acids is 2. The highest BCUT2D eigenvalue weighted by molar-refractivity contribution is 5.85. The highest BCUT2D eigenvalue weighted by atomic mass is 35.5. The Morgan fingerprint density at radius 1 is 1.00 bits per heavy atom. The van der Waals surface area contributed by atoms with E-state index in [1.54, 1.807) is 0 Å². The molecular formula is C14H22ClN3O2. The molecule has 2 amide bonds. The fourth-order valence-corrected chi connectivity index (χ4v) is 1.58. The molecule has 0 atom stereocenters. The lowest BCUT2D eigenvalue weighted by molar-refractivity contribution is -0.125. The van der Waals surface area contributed by atoms with E-state index in [9.17, 15) is 9.59 Å². The number of amides is 2. The Morgan fingerprint density at radius 2 is 1.70 bits per heavy atom. The van der Waals surface area contributed by atoms with Gasteiger partial charge in [0.2, 0.25) is 11.8 Å². The number of hydrogen-bond donors (Lipinski definition) is 3. The van der Waals surface area contributed by atoms with Gasteiger partial charge in [0, 0.05) is 6.54 Å². The van der Waals surface area contributed by atoms with Crippen LogP contribution in [0.25, 0.3) is 0 Å². The topological polar surface area (TPSA) is 70.2 Å². The largest absolute Gasteiger partial charge is 0.355 e. The second kappa shape index (κ2) is 11.3. The average Bonchev–Trinajstić information content (AvgIpc) is 2.42. The third-order valence-corrected chi connectivity index (χ3v) is 2.58. The molecule has 0 spiro atoms. The molecule has 3 N–H and O–H groups in total. The molecule has 112 valence electrons. The molecule has 5 nitrogen and oxygen atoms in total. The Bertz CT molecular complexity index is 399. The molecule has 0 saturated heterocycles. The zero-order valence-electron chi connectivity index (χ0n) is 11.6. The monoisotopic (exact) mass is 299 g/mol. The van der Waals surface area contributed by atoms with E-state index in [4.69, 9.17) is 0 Å². The summed E-state index contributed by atoms with van der Waals surface area (Å²) in [6, 6.07) is 9.45. The first-order valence-corrected chi connectivity index (χ1v) is 6.44. The fourth-order valence-electron chi connectivity index (χ4n) is 1.58. The number of carbonyl (C=O) groups is 2. The lowest BCUT2D eigenvalue weighted by Crippen LogP contribution is -2.38. The lowest BCUT2D eigenvalue weighted by Gasteiger charge is -2.07. The summed E-state index contributed by atoms with van der Waals surface area (Å²) in [5, 5.41) is 8.35. The molecular weight excluding hydrogens is 278 g/mol. The lowest BCUT2D eigenvalue weighted by atomic mass is 10.1. The van der Waals surface area contributed by atoms with E-state index in [0.29, 0.717) is 13.0 Å². The van der Waals surface area contributed by atoms with E-state index in [0.717, 1.165) is 18.5 Å². The molecule has 6 heteroatoms. The van der Waals surface area contributed by atoms with Crippen LogP contribution in [0.3, 0.4) is 0 Å². The molecule has 0 aromatic heterocycles. The highest BCUT2D eigenvalue weighted by Crippen LogP contribution is 1.98. The van der Waals surface area contributed by atoms with Gasteiger partial charge in [-0.25, -0.2) is 0 Å². The van der Waals surface area contributed by atoms with Crippen LogP contribution >= 0.6 is 12.4 Å². The number of hydrogen-bond acceptors (Lipinski definition) is 3. The SMILES string of the molecule is CNCCCNC(=O)CNC(=O)Cc1ccccc1.Cl. The maximum Gasteiger partial charge on any atom is 0.239 e. The molecule has 0 radical (unpaired) electrons. The smallest absolute Gasteiger partial charge is 0.239 e. The van der Waals surface area contributed by atoms with Crippen LogP contribution in [0, 0.1) is 0 Å². The predicted molar refractivity (Wildman–Crippen MR) is 82.0 cm³/mol. The Kier molecular flexibility index (Phi) is 10.4. The van der Waals surface area contributed by atoms with Gasteiger partial charge in [-0.05, 0) is 25.6 Å². The average molecular weight is 300 g/mol. The van der Waals surface area contributed by atoms with E-state index in [1.807, 2.05) is 37.4 Å². The Labute approximate surface area is 125 Å². The third-order valence-electron chi connectivity index (χ3n) is 2.58. The van der Waals surface area contributed by atoms with Crippen molar-refractivity contribution >= 4 is 24.2 Å². The summed E-state index contributed by atoms with van der Waals surface area (Å²) in [5.41, 5.74) is 0.939. The van der Waals surface area contributed by atoms with Gasteiger partial charge in [0.1, 0.15) is 0 Å². The first kappa shape index (κ1) is 18.4. The maximum absolute atomic E-state index is 11.6. The van der Waals surface area contributed by atoms with Crippen molar-refractivity contribution < 1.29 is 9.59 Å². The fraction of sp³-hybridized carbons (Fsp3) is 0.429. The second-order valence-corrected chi connectivity index (χ2v) is 4.25. The predicted octanol–water partition coefficient (Wildman–Crippen LogP) is 0.493. The van der Waals surface area contributed by atoms with Gasteiger partial charge in [-0.3, -0.25) is 9.59 Å². The molecule has 0 unspecified atom stereocenters. The van der Waals surface area contributed by atoms with E-state index < -0.39 is 0 Å². The molecule has 1 aromatic rings. The van der Waals surface area contributed by atoms with Crippen molar-refractivity contribution in [3.8, 4) is 0 Å². The Hall–Kier alpha value is -1.59. The van der Waals surface area contributed by atoms with Gasteiger partial charge in [-0.2, -0.15) is 0 Å². The van der Waals surface area contributed by atoms with Crippen molar-refractivity contribution in [3.05, 3.63) is 35.9 Å². The zero-order valence-corrected chi connectivity index (χ0v) is 12.5. The van der Waals surface area contributed by atoms with Crippen molar-refractivity contribution in [1.29, 1.82) is 0 Å². The number of benzene rings is 1. The summed E-state index contributed by atoms with van der Waals surface area (Å²) in [4.78, 5) is 23.0. The molecule has 20 heavy (non-hydrogen) atoms. The molecule has 0 fully saturated rings. The van der Waals surface area contributed by atoms with Crippen LogP contribution in [0.5, 0.6) is 0 Å². The van der Waals surface area contributed by atoms with Crippen molar-refractivity contribution in [1.82, 2.24) is 16.0 Å². The normalized spacial score (nSPS) is 9.45. The van der Waals surface area contributed by atoms with Crippen LogP contribution in [0.2, 0.25) is 0 Å². The van der Waals surface area contributed by atoms with Gasteiger partial charge in [0.05, 0.1) is 13.0 Å². The molecule has 0 bridgehead atoms. The van der Waals surface area contributed by atoms with Gasteiger partial charge in [-0.1, -0.05) is 30.3 Å². The van der Waals surface area contributed by atoms with E-state index >= 15 is 0 Å². The molecule has 0 saturated carbocycles. The van der Waals surface area contributed by atoms with E-state index in [2.05, 4.69) is 16.0 Å². The zero-order chi connectivity index (χ0) is 13.9. The van der Waals surface area contributed by atoms with Gasteiger partial charge in [-0.15, -0.1) is 12.4 Å². The minimum absolute atomic E-state index is 0. The summed E-state index contributed by atoms with van der Waals surface area (Å²) >= 11 is 0. The summed E-state index contributed by atoms with van der Waals surface area (Å²) in [7, 11) is 1.87. The Balaban J connectivity index is 0.00000361. The van der Waals surface area contributed by atoms with E-state index in [1.165, 1.54) is 0 Å². The third kappa shape index (κ3) is 8.50. The standard InChI is InChI=1S/C14H21N3O2.ClH/c1-15-8-5-9-16-14(19)11-17-13(18)10-12-6-3-2-4-7-12;/h2-4,6-7,15H,5,8-11H2,1H3,(H,16,19)(H,17,18);1H. The molecule has 0 aliphatic rings. The minimum atomic E-state index is -0.155. The van der Waals surface area contributed by atoms with Crippen molar-refractivity contribution in [3.63, 3.8) is 0 Å². The van der Waals surface area contributed by atoms with Crippen LogP contribution in [0.15, 0.2) is 30.3 Å². The van der Waals surface area contributed by atoms with Crippen LogP contribution < -0.4 is 16.0 Å². The molecule has 1 aromatic carbocycles. The van der Waals surface area contributed by atoms with Crippen molar-refractivity contribution in [2.24, 2.45) is 0 Å². The van der Waals surface area contributed by atoms with Crippen LogP contribution in [-0.2, 0) is 16.0 Å². The molecule has 0 aliphatic heterocycles. The van der Waals surface area contributed by atoms with Gasteiger partial charge in [0.15, 0.2) is 0 Å². The van der Waals surface area contributed by atoms with Crippen LogP contribution in [0.1, 0.15) is 12.0 Å². The van der Waals surface area contributed by atoms with Crippen molar-refractivity contribution in [2.45, 2.75) is 12.8 Å². The summed E-state index contributed by atoms with van der Waals surface area (Å²) in [6.07, 6.45) is 1.17. The first-order valence-electron chi connectivity index (χ1n) is 6.44. The van der Waals surface area contributed by atoms with Crippen LogP contribution in [0.4, 0.5) is 0 Å². The van der Waals surface area contributed by atoms with Crippen molar-refractivity contribution in [2.75, 3.05) is 26.7 Å². The molecule has 1 rings (SSSR count). The Morgan fingerprint density at radius 3 is 2.35 bits per heavy atom. The molecule has 0 heterocycles.